The Bertz CT molecular complexity index is 1190. The van der Waals surface area contributed by atoms with E-state index in [1.54, 1.807) is 19.2 Å². The van der Waals surface area contributed by atoms with Gasteiger partial charge in [0.25, 0.3) is 5.91 Å². The lowest BCUT2D eigenvalue weighted by molar-refractivity contribution is 0.0962. The van der Waals surface area contributed by atoms with Crippen LogP contribution in [0.3, 0.4) is 0 Å². The minimum Gasteiger partial charge on any atom is -0.494 e. The molecular weight excluding hydrogens is 472 g/mol. The largest absolute Gasteiger partial charge is 0.494 e. The highest BCUT2D eigenvalue weighted by Gasteiger charge is 2.23. The molecule has 0 saturated heterocycles. The third kappa shape index (κ3) is 5.15. The van der Waals surface area contributed by atoms with E-state index in [-0.39, 0.29) is 4.90 Å². The molecule has 0 aliphatic carbocycles. The molecule has 3 aromatic rings. The van der Waals surface area contributed by atoms with Gasteiger partial charge in [0.1, 0.15) is 11.3 Å². The van der Waals surface area contributed by atoms with Gasteiger partial charge < -0.3 is 4.74 Å². The highest BCUT2D eigenvalue weighted by Crippen LogP contribution is 2.37. The van der Waals surface area contributed by atoms with Crippen molar-refractivity contribution >= 4 is 54.2 Å². The molecule has 0 bridgehead atoms. The minimum absolute atomic E-state index is 0.164. The summed E-state index contributed by atoms with van der Waals surface area (Å²) in [6.45, 7) is 4.79. The third-order valence-electron chi connectivity index (χ3n) is 4.66. The Morgan fingerprint density at radius 2 is 1.78 bits per heavy atom. The van der Waals surface area contributed by atoms with E-state index in [1.807, 2.05) is 13.8 Å². The van der Waals surface area contributed by atoms with E-state index in [4.69, 9.17) is 16.3 Å². The van der Waals surface area contributed by atoms with Gasteiger partial charge in [0, 0.05) is 18.7 Å². The van der Waals surface area contributed by atoms with E-state index in [9.17, 15) is 13.2 Å². The second kappa shape index (κ2) is 10.5. The summed E-state index contributed by atoms with van der Waals surface area (Å²) in [7, 11) is -2.05. The number of hydrogen-bond acceptors (Lipinski definition) is 7. The number of carbonyl (C=O) groups excluding carboxylic acids is 1. The smallest absolute Gasteiger partial charge is 0.269 e. The molecule has 0 spiro atoms. The number of thiazole rings is 1. The van der Waals surface area contributed by atoms with Gasteiger partial charge >= 0.3 is 0 Å². The summed E-state index contributed by atoms with van der Waals surface area (Å²) < 4.78 is 33.2. The quantitative estimate of drug-likeness (QED) is 0.400. The Hall–Kier alpha value is -2.40. The maximum absolute atomic E-state index is 12.9. The van der Waals surface area contributed by atoms with Crippen molar-refractivity contribution in [3.63, 3.8) is 0 Å². The molecule has 0 saturated carbocycles. The fourth-order valence-corrected chi connectivity index (χ4v) is 5.86. The van der Waals surface area contributed by atoms with E-state index in [0.717, 1.165) is 17.5 Å². The number of hydrazine groups is 1. The minimum atomic E-state index is -3.60. The van der Waals surface area contributed by atoms with Crippen LogP contribution in [0.25, 0.3) is 10.2 Å². The van der Waals surface area contributed by atoms with Gasteiger partial charge in [-0.2, -0.15) is 4.31 Å². The number of amides is 1. The van der Waals surface area contributed by atoms with Crippen LogP contribution >= 0.6 is 22.9 Å². The van der Waals surface area contributed by atoms with Crippen molar-refractivity contribution in [2.24, 2.45) is 0 Å². The number of anilines is 1. The van der Waals surface area contributed by atoms with Crippen LogP contribution in [-0.2, 0) is 10.0 Å². The molecule has 0 unspecified atom stereocenters. The SMILES string of the molecule is CCCN(CCC)S(=O)(=O)c1ccc(C(=O)NNc2nc3c(OC)ccc(Cl)c3s2)cc1. The van der Waals surface area contributed by atoms with Gasteiger partial charge in [-0.25, -0.2) is 13.4 Å². The Morgan fingerprint density at radius 3 is 2.38 bits per heavy atom. The van der Waals surface area contributed by atoms with Gasteiger partial charge in [-0.15, -0.1) is 0 Å². The summed E-state index contributed by atoms with van der Waals surface area (Å²) in [5.74, 6) is 0.155. The van der Waals surface area contributed by atoms with Crippen molar-refractivity contribution < 1.29 is 17.9 Å². The Labute approximate surface area is 196 Å². The molecule has 8 nitrogen and oxygen atoms in total. The zero-order chi connectivity index (χ0) is 23.3. The summed E-state index contributed by atoms with van der Waals surface area (Å²) in [6.07, 6.45) is 1.46. The molecule has 1 amide bonds. The number of carbonyl (C=O) groups is 1. The van der Waals surface area contributed by atoms with Crippen molar-refractivity contribution in [1.29, 1.82) is 0 Å². The van der Waals surface area contributed by atoms with Crippen LogP contribution in [0.15, 0.2) is 41.3 Å². The topological polar surface area (TPSA) is 101 Å². The molecule has 0 fully saturated rings. The van der Waals surface area contributed by atoms with Gasteiger partial charge in [0.15, 0.2) is 0 Å². The molecule has 2 aromatic carbocycles. The molecule has 0 radical (unpaired) electrons. The summed E-state index contributed by atoms with van der Waals surface area (Å²) in [5, 5.41) is 0.975. The first-order valence-electron chi connectivity index (χ1n) is 10.1. The summed E-state index contributed by atoms with van der Waals surface area (Å²) >= 11 is 7.49. The molecule has 1 aromatic heterocycles. The van der Waals surface area contributed by atoms with Crippen LogP contribution < -0.4 is 15.6 Å². The zero-order valence-electron chi connectivity index (χ0n) is 18.0. The number of methoxy groups -OCH3 is 1. The van der Waals surface area contributed by atoms with Gasteiger partial charge in [-0.1, -0.05) is 36.8 Å². The predicted octanol–water partition coefficient (Wildman–Crippen LogP) is 4.53. The van der Waals surface area contributed by atoms with Crippen LogP contribution in [-0.4, -0.2) is 43.8 Å². The van der Waals surface area contributed by atoms with E-state index in [1.165, 1.54) is 39.9 Å². The van der Waals surface area contributed by atoms with Crippen LogP contribution in [0.2, 0.25) is 5.02 Å². The molecule has 1 heterocycles. The summed E-state index contributed by atoms with van der Waals surface area (Å²) in [4.78, 5) is 17.1. The first kappa shape index (κ1) is 24.2. The number of ether oxygens (including phenoxy) is 1. The number of halogens is 1. The molecule has 0 aliphatic rings. The van der Waals surface area contributed by atoms with Gasteiger partial charge in [-0.3, -0.25) is 15.6 Å². The first-order valence-corrected chi connectivity index (χ1v) is 12.7. The number of nitrogens with zero attached hydrogens (tertiary/aromatic N) is 2. The fourth-order valence-electron chi connectivity index (χ4n) is 3.13. The second-order valence-electron chi connectivity index (χ2n) is 6.95. The standard InChI is InChI=1S/C21H25ClN4O4S2/c1-4-12-26(13-5-2)32(28,29)15-8-6-14(7-9-15)20(27)24-25-21-23-18-17(30-3)11-10-16(22)19(18)31-21/h6-11H,4-5,12-13H2,1-3H3,(H,23,25)(H,24,27). The molecule has 11 heteroatoms. The Morgan fingerprint density at radius 1 is 1.12 bits per heavy atom. The summed E-state index contributed by atoms with van der Waals surface area (Å²) in [5.41, 5.74) is 6.25. The average Bonchev–Trinajstić information content (AvgIpc) is 3.23. The molecule has 32 heavy (non-hydrogen) atoms. The first-order chi connectivity index (χ1) is 15.3. The van der Waals surface area contributed by atoms with E-state index in [2.05, 4.69) is 15.8 Å². The van der Waals surface area contributed by atoms with Crippen molar-refractivity contribution in [2.75, 3.05) is 25.6 Å². The molecule has 0 atom stereocenters. The van der Waals surface area contributed by atoms with Crippen LogP contribution in [0, 0.1) is 0 Å². The normalized spacial score (nSPS) is 11.7. The second-order valence-corrected chi connectivity index (χ2v) is 10.3. The maximum Gasteiger partial charge on any atom is 0.269 e. The number of hydrogen-bond donors (Lipinski definition) is 2. The van der Waals surface area contributed by atoms with Crippen LogP contribution in [0.1, 0.15) is 37.0 Å². The predicted molar refractivity (Wildman–Crippen MR) is 128 cm³/mol. The van der Waals surface area contributed by atoms with Gasteiger partial charge in [0.2, 0.25) is 15.2 Å². The lowest BCUT2D eigenvalue weighted by Crippen LogP contribution is -2.32. The van der Waals surface area contributed by atoms with Crippen molar-refractivity contribution in [2.45, 2.75) is 31.6 Å². The number of fused-ring (bicyclic) bond motifs is 1. The average molecular weight is 497 g/mol. The number of aromatic nitrogens is 1. The molecular formula is C21H25ClN4O4S2. The highest BCUT2D eigenvalue weighted by molar-refractivity contribution is 7.89. The van der Waals surface area contributed by atoms with Crippen LogP contribution in [0.5, 0.6) is 5.75 Å². The maximum atomic E-state index is 12.9. The molecule has 3 rings (SSSR count). The molecule has 172 valence electrons. The monoisotopic (exact) mass is 496 g/mol. The zero-order valence-corrected chi connectivity index (χ0v) is 20.4. The number of sulfonamides is 1. The van der Waals surface area contributed by atoms with E-state index >= 15 is 0 Å². The summed E-state index contributed by atoms with van der Waals surface area (Å²) in [6, 6.07) is 9.32. The third-order valence-corrected chi connectivity index (χ3v) is 8.01. The van der Waals surface area contributed by atoms with Crippen molar-refractivity contribution in [3.05, 3.63) is 47.0 Å². The Kier molecular flexibility index (Phi) is 7.94. The van der Waals surface area contributed by atoms with Crippen molar-refractivity contribution in [3.8, 4) is 5.75 Å². The number of rotatable bonds is 10. The lowest BCUT2D eigenvalue weighted by Gasteiger charge is -2.21. The molecule has 2 N–H and O–H groups in total. The number of nitrogens with one attached hydrogen (secondary N) is 2. The Balaban J connectivity index is 1.71. The van der Waals surface area contributed by atoms with E-state index < -0.39 is 15.9 Å². The van der Waals surface area contributed by atoms with Gasteiger partial charge in [0.05, 0.1) is 21.7 Å². The van der Waals surface area contributed by atoms with Crippen molar-refractivity contribution in [1.82, 2.24) is 14.7 Å². The lowest BCUT2D eigenvalue weighted by atomic mass is 10.2. The van der Waals surface area contributed by atoms with E-state index in [0.29, 0.717) is 40.1 Å². The molecule has 0 aliphatic heterocycles. The highest BCUT2D eigenvalue weighted by atomic mass is 35.5. The van der Waals surface area contributed by atoms with Gasteiger partial charge in [-0.05, 0) is 49.2 Å². The fraction of sp³-hybridized carbons (Fsp3) is 0.333. The van der Waals surface area contributed by atoms with Crippen LogP contribution in [0.4, 0.5) is 5.13 Å². The number of benzene rings is 2.